The Bertz CT molecular complexity index is 892. The van der Waals surface area contributed by atoms with Crippen LogP contribution in [0.2, 0.25) is 0 Å². The van der Waals surface area contributed by atoms with Crippen molar-refractivity contribution in [3.05, 3.63) is 48.6 Å². The third kappa shape index (κ3) is 33.2. The van der Waals surface area contributed by atoms with E-state index in [-0.39, 0.29) is 25.6 Å². The number of carbonyl (C=O) groups is 2. The topological polar surface area (TPSA) is 140 Å². The highest BCUT2D eigenvalue weighted by Crippen LogP contribution is 2.35. The summed E-state index contributed by atoms with van der Waals surface area (Å²) >= 11 is 0. The summed E-state index contributed by atoms with van der Waals surface area (Å²) in [6.45, 7) is 3.38. The zero-order valence-corrected chi connectivity index (χ0v) is 28.8. The Labute approximate surface area is 272 Å². The lowest BCUT2D eigenvalue weighted by Gasteiger charge is -2.18. The molecule has 0 aromatic heterocycles. The van der Waals surface area contributed by atoms with Crippen LogP contribution in [0.3, 0.4) is 0 Å². The number of hydrogen-bond donors (Lipinski definition) is 3. The maximum Gasteiger partial charge on any atom is 0.469 e. The Hall–Kier alpha value is -2.03. The van der Waals surface area contributed by atoms with Crippen molar-refractivity contribution in [3.63, 3.8) is 0 Å². The molecule has 0 aliphatic rings. The number of esters is 2. The fraction of sp³-hybridized carbons (Fsp3) is 0.714. The van der Waals surface area contributed by atoms with Crippen LogP contribution in [-0.4, -0.2) is 52.3 Å². The van der Waals surface area contributed by atoms with E-state index in [0.29, 0.717) is 25.7 Å². The first-order chi connectivity index (χ1) is 21.7. The molecular formula is C35H61O9P. The Morgan fingerprint density at radius 2 is 1.20 bits per heavy atom. The first-order valence-corrected chi connectivity index (χ1v) is 18.5. The van der Waals surface area contributed by atoms with E-state index in [9.17, 15) is 19.3 Å². The molecule has 0 rings (SSSR count). The molecule has 9 nitrogen and oxygen atoms in total. The first-order valence-electron chi connectivity index (χ1n) is 17.0. The van der Waals surface area contributed by atoms with Crippen molar-refractivity contribution in [1.29, 1.82) is 0 Å². The Morgan fingerprint density at radius 3 is 1.78 bits per heavy atom. The van der Waals surface area contributed by atoms with Gasteiger partial charge < -0.3 is 24.4 Å². The van der Waals surface area contributed by atoms with Crippen LogP contribution < -0.4 is 0 Å². The molecule has 0 radical (unpaired) electrons. The van der Waals surface area contributed by atoms with Crippen molar-refractivity contribution in [3.8, 4) is 0 Å². The van der Waals surface area contributed by atoms with Gasteiger partial charge in [-0.1, -0.05) is 120 Å². The first kappa shape index (κ1) is 43.0. The molecule has 0 bridgehead atoms. The molecule has 3 N–H and O–H groups in total. The standard InChI is InChI=1S/C35H61O9P/c1-3-5-6-7-8-14-19-22-25-29-35(38)44-33(31-43-45(39,40)41)30-42-34(37)28-24-21-18-16-13-11-9-10-12-15-17-20-23-27-32(36)26-4-2/h9,11-12,15-16,18,20,23,32-33,36H,3-8,10,13-14,17,19,21-22,24-31H2,1-2H3,(H2,39,40,41)/b11-9-,15-12-,18-16-,23-20-/t32?,33-/m1/s1. The zero-order valence-electron chi connectivity index (χ0n) is 27.9. The van der Waals surface area contributed by atoms with Crippen LogP contribution >= 0.6 is 7.82 Å². The molecule has 0 aliphatic heterocycles. The van der Waals surface area contributed by atoms with Crippen molar-refractivity contribution in [2.75, 3.05) is 13.2 Å². The minimum absolute atomic E-state index is 0.176. The largest absolute Gasteiger partial charge is 0.469 e. The number of ether oxygens (including phenoxy) is 2. The molecule has 0 aromatic rings. The second kappa shape index (κ2) is 30.6. The van der Waals surface area contributed by atoms with Gasteiger partial charge in [-0.3, -0.25) is 14.1 Å². The maximum atomic E-state index is 12.2. The smallest absolute Gasteiger partial charge is 0.462 e. The van der Waals surface area contributed by atoms with E-state index < -0.39 is 32.5 Å². The highest BCUT2D eigenvalue weighted by Gasteiger charge is 2.22. The number of phosphoric acid groups is 1. The van der Waals surface area contributed by atoms with Crippen molar-refractivity contribution in [2.45, 2.75) is 148 Å². The number of aliphatic hydroxyl groups excluding tert-OH is 1. The van der Waals surface area contributed by atoms with Gasteiger partial charge in [0, 0.05) is 12.8 Å². The molecule has 10 heteroatoms. The Morgan fingerprint density at radius 1 is 0.667 bits per heavy atom. The van der Waals surface area contributed by atoms with Crippen molar-refractivity contribution >= 4 is 19.8 Å². The number of aliphatic hydroxyl groups is 1. The third-order valence-corrected chi connectivity index (χ3v) is 7.39. The number of rotatable bonds is 30. The fourth-order valence-electron chi connectivity index (χ4n) is 4.38. The molecule has 0 spiro atoms. The van der Waals surface area contributed by atoms with Gasteiger partial charge in [0.15, 0.2) is 6.10 Å². The SMILES string of the molecule is CCCCCCCCCCCC(=O)O[C@H](COC(=O)CCC/C=C\C/C=C\C/C=C\C/C=C\CC(O)CCC)COP(=O)(O)O. The number of carbonyl (C=O) groups excluding carboxylic acids is 2. The van der Waals surface area contributed by atoms with Gasteiger partial charge in [-0.25, -0.2) is 4.57 Å². The summed E-state index contributed by atoms with van der Waals surface area (Å²) in [5.74, 6) is -0.978. The molecule has 0 amide bonds. The van der Waals surface area contributed by atoms with Crippen LogP contribution in [0, 0.1) is 0 Å². The van der Waals surface area contributed by atoms with Crippen molar-refractivity contribution < 1.29 is 43.0 Å². The molecule has 0 aromatic carbocycles. The molecule has 0 aliphatic carbocycles. The van der Waals surface area contributed by atoms with Gasteiger partial charge >= 0.3 is 19.8 Å². The van der Waals surface area contributed by atoms with Gasteiger partial charge in [0.1, 0.15) is 6.61 Å². The molecule has 45 heavy (non-hydrogen) atoms. The van der Waals surface area contributed by atoms with Gasteiger partial charge in [0.2, 0.25) is 0 Å². The summed E-state index contributed by atoms with van der Waals surface area (Å²) in [5.41, 5.74) is 0. The Balaban J connectivity index is 4.12. The fourth-order valence-corrected chi connectivity index (χ4v) is 4.74. The van der Waals surface area contributed by atoms with Crippen LogP contribution in [0.4, 0.5) is 0 Å². The van der Waals surface area contributed by atoms with Crippen LogP contribution in [0.1, 0.15) is 136 Å². The summed E-state index contributed by atoms with van der Waals surface area (Å²) in [6.07, 6.45) is 32.0. The highest BCUT2D eigenvalue weighted by molar-refractivity contribution is 7.46. The second-order valence-corrected chi connectivity index (χ2v) is 12.6. The summed E-state index contributed by atoms with van der Waals surface area (Å²) in [6, 6.07) is 0. The maximum absolute atomic E-state index is 12.2. The van der Waals surface area contributed by atoms with Gasteiger partial charge in [-0.05, 0) is 51.4 Å². The molecule has 0 heterocycles. The second-order valence-electron chi connectivity index (χ2n) is 11.3. The summed E-state index contributed by atoms with van der Waals surface area (Å²) in [4.78, 5) is 42.4. The highest BCUT2D eigenvalue weighted by atomic mass is 31.2. The van der Waals surface area contributed by atoms with E-state index in [1.807, 2.05) is 18.2 Å². The lowest BCUT2D eigenvalue weighted by molar-refractivity contribution is -0.161. The molecule has 260 valence electrons. The summed E-state index contributed by atoms with van der Waals surface area (Å²) < 4.78 is 26.1. The van der Waals surface area contributed by atoms with Gasteiger partial charge in [0.25, 0.3) is 0 Å². The van der Waals surface area contributed by atoms with E-state index in [0.717, 1.165) is 51.4 Å². The minimum atomic E-state index is -4.76. The van der Waals surface area contributed by atoms with Crippen LogP contribution in [-0.2, 0) is 28.2 Å². The molecule has 0 saturated heterocycles. The molecule has 0 saturated carbocycles. The number of unbranched alkanes of at least 4 members (excludes halogenated alkanes) is 9. The van der Waals surface area contributed by atoms with Crippen LogP contribution in [0.15, 0.2) is 48.6 Å². The third-order valence-electron chi connectivity index (χ3n) is 6.91. The van der Waals surface area contributed by atoms with Crippen LogP contribution in [0.5, 0.6) is 0 Å². The normalized spacial score (nSPS) is 13.8. The number of hydrogen-bond acceptors (Lipinski definition) is 7. The monoisotopic (exact) mass is 656 g/mol. The van der Waals surface area contributed by atoms with E-state index >= 15 is 0 Å². The van der Waals surface area contributed by atoms with E-state index in [1.165, 1.54) is 32.1 Å². The molecule has 0 fully saturated rings. The molecule has 2 atom stereocenters. The van der Waals surface area contributed by atoms with E-state index in [4.69, 9.17) is 19.3 Å². The lowest BCUT2D eigenvalue weighted by Crippen LogP contribution is -2.29. The van der Waals surface area contributed by atoms with Gasteiger partial charge in [-0.15, -0.1) is 0 Å². The predicted octanol–water partition coefficient (Wildman–Crippen LogP) is 8.59. The van der Waals surface area contributed by atoms with Gasteiger partial charge in [-0.2, -0.15) is 0 Å². The number of allylic oxidation sites excluding steroid dienone is 7. The average molecular weight is 657 g/mol. The quantitative estimate of drug-likeness (QED) is 0.0300. The van der Waals surface area contributed by atoms with E-state index in [2.05, 4.69) is 48.8 Å². The Kier molecular flexibility index (Phi) is 29.2. The van der Waals surface area contributed by atoms with Gasteiger partial charge in [0.05, 0.1) is 12.7 Å². The summed E-state index contributed by atoms with van der Waals surface area (Å²) in [7, 11) is -4.76. The van der Waals surface area contributed by atoms with Crippen molar-refractivity contribution in [2.24, 2.45) is 0 Å². The van der Waals surface area contributed by atoms with E-state index in [1.54, 1.807) is 0 Å². The number of phosphoric ester groups is 1. The van der Waals surface area contributed by atoms with Crippen molar-refractivity contribution in [1.82, 2.24) is 0 Å². The van der Waals surface area contributed by atoms with Crippen LogP contribution in [0.25, 0.3) is 0 Å². The average Bonchev–Trinajstić information content (AvgIpc) is 2.99. The minimum Gasteiger partial charge on any atom is -0.462 e. The zero-order chi connectivity index (χ0) is 33.4. The summed E-state index contributed by atoms with van der Waals surface area (Å²) in [5, 5.41) is 9.68. The predicted molar refractivity (Wildman–Crippen MR) is 180 cm³/mol. The lowest BCUT2D eigenvalue weighted by atomic mass is 10.1. The molecule has 1 unspecified atom stereocenters. The molecular weight excluding hydrogens is 595 g/mol.